The lowest BCUT2D eigenvalue weighted by molar-refractivity contribution is 0.0445. The quantitative estimate of drug-likeness (QED) is 0.732. The number of carbonyl (C=O) groups excluding carboxylic acids is 1. The van der Waals surface area contributed by atoms with Crippen molar-refractivity contribution in [1.82, 2.24) is 24.8 Å². The lowest BCUT2D eigenvalue weighted by Gasteiger charge is -2.05. The van der Waals surface area contributed by atoms with Gasteiger partial charge in [0, 0.05) is 19.8 Å². The van der Waals surface area contributed by atoms with Crippen molar-refractivity contribution >= 4 is 5.97 Å². The molecule has 0 aliphatic rings. The van der Waals surface area contributed by atoms with Crippen LogP contribution >= 0.6 is 0 Å². The number of hydrogen-bond acceptors (Lipinski definition) is 5. The number of esters is 1. The van der Waals surface area contributed by atoms with Gasteiger partial charge >= 0.3 is 5.97 Å². The van der Waals surface area contributed by atoms with Gasteiger partial charge in [0.25, 0.3) is 0 Å². The molecule has 0 saturated carbocycles. The Morgan fingerprint density at radius 3 is 3.00 bits per heavy atom. The zero-order valence-electron chi connectivity index (χ0n) is 10.4. The van der Waals surface area contributed by atoms with Crippen molar-refractivity contribution in [3.8, 4) is 0 Å². The first-order valence-electron chi connectivity index (χ1n) is 5.76. The Labute approximate surface area is 104 Å². The molecule has 0 spiro atoms. The van der Waals surface area contributed by atoms with E-state index in [2.05, 4.69) is 15.5 Å². The van der Waals surface area contributed by atoms with Crippen LogP contribution in [0.25, 0.3) is 0 Å². The molecular formula is C11H15N5O2. The number of ether oxygens (including phenoxy) is 1. The number of rotatable bonds is 5. The van der Waals surface area contributed by atoms with Crippen LogP contribution in [0, 0.1) is 0 Å². The maximum atomic E-state index is 11.8. The molecule has 0 fully saturated rings. The monoisotopic (exact) mass is 249 g/mol. The Morgan fingerprint density at radius 2 is 2.33 bits per heavy atom. The highest BCUT2D eigenvalue weighted by Gasteiger charge is 2.13. The molecule has 18 heavy (non-hydrogen) atoms. The van der Waals surface area contributed by atoms with E-state index >= 15 is 0 Å². The van der Waals surface area contributed by atoms with Gasteiger partial charge in [-0.2, -0.15) is 0 Å². The van der Waals surface area contributed by atoms with Gasteiger partial charge in [-0.05, 0) is 29.0 Å². The second kappa shape index (κ2) is 5.44. The molecule has 7 nitrogen and oxygen atoms in total. The van der Waals surface area contributed by atoms with Crippen LogP contribution in [-0.2, 0) is 24.9 Å². The predicted molar refractivity (Wildman–Crippen MR) is 62.6 cm³/mol. The first kappa shape index (κ1) is 12.3. The molecule has 0 bridgehead atoms. The highest BCUT2D eigenvalue weighted by Crippen LogP contribution is 2.04. The molecule has 96 valence electrons. The van der Waals surface area contributed by atoms with Crippen LogP contribution in [0.2, 0.25) is 0 Å². The lowest BCUT2D eigenvalue weighted by atomic mass is 10.4. The molecule has 7 heteroatoms. The molecule has 0 amide bonds. The minimum absolute atomic E-state index is 0.0804. The molecular weight excluding hydrogens is 234 g/mol. The van der Waals surface area contributed by atoms with Crippen molar-refractivity contribution in [2.45, 2.75) is 26.5 Å². The van der Waals surface area contributed by atoms with Gasteiger partial charge < -0.3 is 9.30 Å². The molecule has 0 atom stereocenters. The van der Waals surface area contributed by atoms with E-state index < -0.39 is 0 Å². The average Bonchev–Trinajstić information content (AvgIpc) is 2.96. The molecule has 0 unspecified atom stereocenters. The third kappa shape index (κ3) is 2.55. The van der Waals surface area contributed by atoms with Crippen LogP contribution in [0.15, 0.2) is 18.3 Å². The number of hydrogen-bond donors (Lipinski definition) is 0. The number of aromatic nitrogens is 5. The molecule has 0 radical (unpaired) electrons. The maximum absolute atomic E-state index is 11.8. The lowest BCUT2D eigenvalue weighted by Crippen LogP contribution is -2.13. The SMILES string of the molecule is CCCn1nnnc1COC(=O)c1cccn1C. The Bertz CT molecular complexity index is 531. The van der Waals surface area contributed by atoms with Crippen LogP contribution in [0.4, 0.5) is 0 Å². The third-order valence-corrected chi connectivity index (χ3v) is 2.53. The maximum Gasteiger partial charge on any atom is 0.355 e. The second-order valence-electron chi connectivity index (χ2n) is 3.90. The largest absolute Gasteiger partial charge is 0.453 e. The summed E-state index contributed by atoms with van der Waals surface area (Å²) in [7, 11) is 1.79. The van der Waals surface area contributed by atoms with E-state index in [0.717, 1.165) is 6.42 Å². The van der Waals surface area contributed by atoms with Crippen LogP contribution in [0.3, 0.4) is 0 Å². The third-order valence-electron chi connectivity index (χ3n) is 2.53. The number of tetrazole rings is 1. The van der Waals surface area contributed by atoms with E-state index in [4.69, 9.17) is 4.74 Å². The minimum atomic E-state index is -0.381. The van der Waals surface area contributed by atoms with Crippen molar-refractivity contribution in [3.05, 3.63) is 29.8 Å². The molecule has 0 aliphatic heterocycles. The summed E-state index contributed by atoms with van der Waals surface area (Å²) in [6.45, 7) is 2.82. The van der Waals surface area contributed by atoms with Gasteiger partial charge in [0.2, 0.25) is 0 Å². The fourth-order valence-corrected chi connectivity index (χ4v) is 1.59. The molecule has 2 aromatic rings. The summed E-state index contributed by atoms with van der Waals surface area (Å²) in [5.74, 6) is 0.174. The number of aryl methyl sites for hydroxylation is 2. The summed E-state index contributed by atoms with van der Waals surface area (Å²) in [5, 5.41) is 11.2. The van der Waals surface area contributed by atoms with Crippen molar-refractivity contribution in [1.29, 1.82) is 0 Å². The van der Waals surface area contributed by atoms with Gasteiger partial charge in [0.05, 0.1) is 0 Å². The van der Waals surface area contributed by atoms with Crippen LogP contribution < -0.4 is 0 Å². The van der Waals surface area contributed by atoms with Gasteiger partial charge in [0.15, 0.2) is 12.4 Å². The molecule has 0 N–H and O–H groups in total. The number of carbonyl (C=O) groups is 1. The fraction of sp³-hybridized carbons (Fsp3) is 0.455. The van der Waals surface area contributed by atoms with Gasteiger partial charge in [-0.1, -0.05) is 6.92 Å². The first-order chi connectivity index (χ1) is 8.72. The summed E-state index contributed by atoms with van der Waals surface area (Å²) in [6, 6.07) is 3.50. The molecule has 0 aliphatic carbocycles. The van der Waals surface area contributed by atoms with Crippen molar-refractivity contribution in [2.75, 3.05) is 0 Å². The first-order valence-corrected chi connectivity index (χ1v) is 5.76. The smallest absolute Gasteiger partial charge is 0.355 e. The van der Waals surface area contributed by atoms with Crippen LogP contribution in [-0.4, -0.2) is 30.7 Å². The average molecular weight is 249 g/mol. The molecule has 0 aromatic carbocycles. The molecule has 0 saturated heterocycles. The van der Waals surface area contributed by atoms with E-state index in [9.17, 15) is 4.79 Å². The van der Waals surface area contributed by atoms with Crippen molar-refractivity contribution < 1.29 is 9.53 Å². The Kier molecular flexibility index (Phi) is 3.71. The van der Waals surface area contributed by atoms with Gasteiger partial charge in [-0.3, -0.25) is 0 Å². The summed E-state index contributed by atoms with van der Waals surface area (Å²) < 4.78 is 8.52. The highest BCUT2D eigenvalue weighted by molar-refractivity contribution is 5.87. The van der Waals surface area contributed by atoms with Gasteiger partial charge in [-0.15, -0.1) is 5.10 Å². The fourth-order valence-electron chi connectivity index (χ4n) is 1.59. The van der Waals surface area contributed by atoms with E-state index in [1.54, 1.807) is 34.6 Å². The Morgan fingerprint density at radius 1 is 1.50 bits per heavy atom. The van der Waals surface area contributed by atoms with E-state index in [1.807, 2.05) is 6.92 Å². The Hall–Kier alpha value is -2.18. The summed E-state index contributed by atoms with van der Waals surface area (Å²) >= 11 is 0. The predicted octanol–water partition coefficient (Wildman–Crippen LogP) is 0.779. The van der Waals surface area contributed by atoms with E-state index in [-0.39, 0.29) is 12.6 Å². The minimum Gasteiger partial charge on any atom is -0.453 e. The molecule has 2 aromatic heterocycles. The van der Waals surface area contributed by atoms with Crippen molar-refractivity contribution in [2.24, 2.45) is 7.05 Å². The van der Waals surface area contributed by atoms with E-state index in [0.29, 0.717) is 18.1 Å². The zero-order chi connectivity index (χ0) is 13.0. The standard InChI is InChI=1S/C11H15N5O2/c1-3-6-16-10(12-13-14-16)8-18-11(17)9-5-4-7-15(9)2/h4-5,7H,3,6,8H2,1-2H3. The second-order valence-corrected chi connectivity index (χ2v) is 3.90. The summed E-state index contributed by atoms with van der Waals surface area (Å²) in [4.78, 5) is 11.8. The number of nitrogens with zero attached hydrogens (tertiary/aromatic N) is 5. The van der Waals surface area contributed by atoms with Gasteiger partial charge in [-0.25, -0.2) is 9.48 Å². The zero-order valence-corrected chi connectivity index (χ0v) is 10.4. The topological polar surface area (TPSA) is 74.8 Å². The summed E-state index contributed by atoms with van der Waals surface area (Å²) in [6.07, 6.45) is 2.71. The van der Waals surface area contributed by atoms with Crippen LogP contribution in [0.5, 0.6) is 0 Å². The van der Waals surface area contributed by atoms with E-state index in [1.165, 1.54) is 0 Å². The molecule has 2 heterocycles. The van der Waals surface area contributed by atoms with Crippen LogP contribution in [0.1, 0.15) is 29.7 Å². The molecule has 2 rings (SSSR count). The highest BCUT2D eigenvalue weighted by atomic mass is 16.5. The normalized spacial score (nSPS) is 10.6. The van der Waals surface area contributed by atoms with Gasteiger partial charge in [0.1, 0.15) is 5.69 Å². The Balaban J connectivity index is 1.97. The van der Waals surface area contributed by atoms with Crippen molar-refractivity contribution in [3.63, 3.8) is 0 Å². The summed E-state index contributed by atoms with van der Waals surface area (Å²) in [5.41, 5.74) is 0.504.